The molecule has 0 saturated heterocycles. The van der Waals surface area contributed by atoms with Crippen molar-refractivity contribution in [2.75, 3.05) is 0 Å². The lowest BCUT2D eigenvalue weighted by Crippen LogP contribution is -2.46. The lowest BCUT2D eigenvalue weighted by molar-refractivity contribution is -0.274. The predicted molar refractivity (Wildman–Crippen MR) is 82.7 cm³/mol. The second kappa shape index (κ2) is 7.08. The first-order valence-electron chi connectivity index (χ1n) is 7.08. The molecule has 1 aromatic carbocycles. The van der Waals surface area contributed by atoms with Gasteiger partial charge in [-0.05, 0) is 23.8 Å². The predicted octanol–water partition coefficient (Wildman–Crippen LogP) is 4.48. The number of pyridine rings is 1. The Morgan fingerprint density at radius 2 is 1.92 bits per heavy atom. The number of carboxylic acid groups (broad SMARTS) is 1. The van der Waals surface area contributed by atoms with E-state index in [2.05, 4.69) is 9.72 Å². The molecule has 0 fully saturated rings. The number of benzene rings is 1. The van der Waals surface area contributed by atoms with Crippen LogP contribution >= 0.6 is 11.6 Å². The maximum atomic E-state index is 13.7. The van der Waals surface area contributed by atoms with Crippen molar-refractivity contribution in [2.24, 2.45) is 0 Å². The van der Waals surface area contributed by atoms with Gasteiger partial charge in [0, 0.05) is 28.8 Å². The molecule has 0 bridgehead atoms. The highest BCUT2D eigenvalue weighted by molar-refractivity contribution is 6.31. The summed E-state index contributed by atoms with van der Waals surface area (Å²) in [5.74, 6) is -2.82. The number of ether oxygens (including phenoxy) is 1. The molecule has 1 heterocycles. The van der Waals surface area contributed by atoms with Crippen molar-refractivity contribution < 1.29 is 37.3 Å². The Balaban J connectivity index is 2.53. The van der Waals surface area contributed by atoms with Crippen LogP contribution in [0.2, 0.25) is 5.02 Å². The van der Waals surface area contributed by atoms with Gasteiger partial charge in [-0.2, -0.15) is 13.2 Å². The molecule has 0 saturated carbocycles. The maximum Gasteiger partial charge on any atom is 0.512 e. The van der Waals surface area contributed by atoms with Crippen LogP contribution in [0.25, 0.3) is 0 Å². The standard InChI is InChI=1S/C16H12ClF4NO4/c1-8(11-4-3-10(18)6-12(11)17)15(25,16(19,20)21)9-2-5-13(22-7-9)26-14(23)24/h2-8,25H,1H3,(H,23,24). The lowest BCUT2D eigenvalue weighted by atomic mass is 9.78. The van der Waals surface area contributed by atoms with Crippen LogP contribution < -0.4 is 4.74 Å². The van der Waals surface area contributed by atoms with Crippen molar-refractivity contribution in [1.29, 1.82) is 0 Å². The zero-order valence-corrected chi connectivity index (χ0v) is 13.8. The van der Waals surface area contributed by atoms with Gasteiger partial charge in [0.1, 0.15) is 5.82 Å². The van der Waals surface area contributed by atoms with Crippen molar-refractivity contribution in [1.82, 2.24) is 4.98 Å². The molecule has 0 radical (unpaired) electrons. The summed E-state index contributed by atoms with van der Waals surface area (Å²) in [5, 5.41) is 18.7. The maximum absolute atomic E-state index is 13.7. The van der Waals surface area contributed by atoms with Gasteiger partial charge in [0.25, 0.3) is 0 Å². The number of rotatable bonds is 4. The van der Waals surface area contributed by atoms with E-state index in [0.717, 1.165) is 37.3 Å². The molecule has 10 heteroatoms. The van der Waals surface area contributed by atoms with Crippen LogP contribution in [0.4, 0.5) is 22.4 Å². The Labute approximate surface area is 149 Å². The van der Waals surface area contributed by atoms with Gasteiger partial charge in [0.15, 0.2) is 5.60 Å². The van der Waals surface area contributed by atoms with Crippen LogP contribution in [0.5, 0.6) is 5.88 Å². The SMILES string of the molecule is CC(c1ccc(F)cc1Cl)C(O)(c1ccc(OC(=O)O)nc1)C(F)(F)F. The van der Waals surface area contributed by atoms with Crippen molar-refractivity contribution in [3.05, 3.63) is 58.5 Å². The van der Waals surface area contributed by atoms with Gasteiger partial charge < -0.3 is 14.9 Å². The smallest absolute Gasteiger partial charge is 0.449 e. The molecule has 2 unspecified atom stereocenters. The summed E-state index contributed by atoms with van der Waals surface area (Å²) in [6.45, 7) is 1.08. The zero-order valence-electron chi connectivity index (χ0n) is 13.1. The van der Waals surface area contributed by atoms with Gasteiger partial charge in [-0.1, -0.05) is 24.6 Å². The molecule has 0 aliphatic heterocycles. The molecule has 5 nitrogen and oxygen atoms in total. The van der Waals surface area contributed by atoms with Crippen molar-refractivity contribution in [2.45, 2.75) is 24.6 Å². The number of hydrogen-bond donors (Lipinski definition) is 2. The molecular weight excluding hydrogens is 382 g/mol. The minimum absolute atomic E-state index is 0.126. The summed E-state index contributed by atoms with van der Waals surface area (Å²) < 4.78 is 58.6. The Bertz CT molecular complexity index is 813. The van der Waals surface area contributed by atoms with E-state index >= 15 is 0 Å². The van der Waals surface area contributed by atoms with Crippen molar-refractivity contribution in [3.8, 4) is 5.88 Å². The van der Waals surface area contributed by atoms with Crippen LogP contribution in [0.15, 0.2) is 36.5 Å². The lowest BCUT2D eigenvalue weighted by Gasteiger charge is -2.36. The number of aliphatic hydroxyl groups is 1. The number of carbonyl (C=O) groups is 1. The van der Waals surface area contributed by atoms with Gasteiger partial charge in [-0.25, -0.2) is 14.2 Å². The van der Waals surface area contributed by atoms with Gasteiger partial charge in [-0.15, -0.1) is 0 Å². The fourth-order valence-corrected chi connectivity index (χ4v) is 2.82. The van der Waals surface area contributed by atoms with E-state index in [-0.39, 0.29) is 10.6 Å². The van der Waals surface area contributed by atoms with Crippen LogP contribution in [0, 0.1) is 5.82 Å². The highest BCUT2D eigenvalue weighted by Gasteiger charge is 2.59. The monoisotopic (exact) mass is 393 g/mol. The molecule has 0 amide bonds. The highest BCUT2D eigenvalue weighted by Crippen LogP contribution is 2.49. The largest absolute Gasteiger partial charge is 0.512 e. The molecule has 26 heavy (non-hydrogen) atoms. The molecular formula is C16H12ClF4NO4. The molecule has 0 aliphatic rings. The van der Waals surface area contributed by atoms with Gasteiger partial charge in [-0.3, -0.25) is 0 Å². The highest BCUT2D eigenvalue weighted by atomic mass is 35.5. The third-order valence-electron chi connectivity index (χ3n) is 3.86. The summed E-state index contributed by atoms with van der Waals surface area (Å²) in [4.78, 5) is 13.9. The minimum Gasteiger partial charge on any atom is -0.449 e. The fraction of sp³-hybridized carbons (Fsp3) is 0.250. The average molecular weight is 394 g/mol. The first-order valence-corrected chi connectivity index (χ1v) is 7.46. The van der Waals surface area contributed by atoms with Crippen molar-refractivity contribution in [3.63, 3.8) is 0 Å². The Morgan fingerprint density at radius 3 is 2.38 bits per heavy atom. The molecule has 140 valence electrons. The second-order valence-electron chi connectivity index (χ2n) is 5.40. The van der Waals surface area contributed by atoms with Crippen LogP contribution in [0.1, 0.15) is 24.0 Å². The molecule has 2 rings (SSSR count). The van der Waals surface area contributed by atoms with Crippen LogP contribution in [-0.4, -0.2) is 27.5 Å². The van der Waals surface area contributed by atoms with E-state index in [1.807, 2.05) is 0 Å². The van der Waals surface area contributed by atoms with Gasteiger partial charge >= 0.3 is 12.3 Å². The number of halogens is 5. The normalized spacial score (nSPS) is 15.2. The third kappa shape index (κ3) is 3.73. The van der Waals surface area contributed by atoms with Crippen LogP contribution in [0.3, 0.4) is 0 Å². The van der Waals surface area contributed by atoms with E-state index in [1.54, 1.807) is 0 Å². The molecule has 0 aliphatic carbocycles. The van der Waals surface area contributed by atoms with E-state index in [0.29, 0.717) is 6.20 Å². The summed E-state index contributed by atoms with van der Waals surface area (Å²) in [6, 6.07) is 4.53. The summed E-state index contributed by atoms with van der Waals surface area (Å²) in [6.07, 6.45) is -6.18. The Hall–Kier alpha value is -2.39. The molecule has 1 aromatic heterocycles. The molecule has 2 N–H and O–H groups in total. The van der Waals surface area contributed by atoms with Crippen molar-refractivity contribution >= 4 is 17.8 Å². The first kappa shape index (κ1) is 19.9. The topological polar surface area (TPSA) is 79.7 Å². The minimum atomic E-state index is -5.14. The number of alkyl halides is 3. The summed E-state index contributed by atoms with van der Waals surface area (Å²) in [5.41, 5.74) is -4.20. The summed E-state index contributed by atoms with van der Waals surface area (Å²) >= 11 is 5.83. The van der Waals surface area contributed by atoms with E-state index in [1.165, 1.54) is 0 Å². The first-order chi connectivity index (χ1) is 12.0. The second-order valence-corrected chi connectivity index (χ2v) is 5.81. The summed E-state index contributed by atoms with van der Waals surface area (Å²) in [7, 11) is 0. The number of aromatic nitrogens is 1. The third-order valence-corrected chi connectivity index (χ3v) is 4.18. The number of hydrogen-bond acceptors (Lipinski definition) is 4. The van der Waals surface area contributed by atoms with Gasteiger partial charge in [0.2, 0.25) is 5.88 Å². The number of nitrogens with zero attached hydrogens (tertiary/aromatic N) is 1. The van der Waals surface area contributed by atoms with E-state index in [9.17, 15) is 27.5 Å². The van der Waals surface area contributed by atoms with Crippen LogP contribution in [-0.2, 0) is 5.60 Å². The van der Waals surface area contributed by atoms with E-state index < -0.39 is 41.1 Å². The molecule has 0 spiro atoms. The molecule has 2 aromatic rings. The van der Waals surface area contributed by atoms with Gasteiger partial charge in [0.05, 0.1) is 0 Å². The quantitative estimate of drug-likeness (QED) is 0.591. The fourth-order valence-electron chi connectivity index (χ4n) is 2.49. The Kier molecular flexibility index (Phi) is 5.43. The van der Waals surface area contributed by atoms with E-state index in [4.69, 9.17) is 16.7 Å². The Morgan fingerprint density at radius 1 is 1.27 bits per heavy atom. The average Bonchev–Trinajstić information content (AvgIpc) is 2.52. The zero-order chi connectivity index (χ0) is 19.7. The molecule has 2 atom stereocenters.